The number of anilines is 2. The van der Waals surface area contributed by atoms with Crippen LogP contribution in [-0.2, 0) is 0 Å². The van der Waals surface area contributed by atoms with Gasteiger partial charge < -0.3 is 10.4 Å². The molecule has 1 saturated carbocycles. The largest absolute Gasteiger partial charge is 0.396 e. The molecule has 1 aromatic carbocycles. The minimum atomic E-state index is 0.295. The molecule has 1 fully saturated rings. The first-order chi connectivity index (χ1) is 15.2. The lowest BCUT2D eigenvalue weighted by Crippen LogP contribution is -2.19. The SMILES string of the molecule is Cc1cccc(-c2cnc(Nc3cnn(C4CCC(CCO)CC4)c3)c3nccn23)c1. The molecule has 7 nitrogen and oxygen atoms in total. The maximum atomic E-state index is 9.16. The fourth-order valence-electron chi connectivity index (χ4n) is 4.64. The van der Waals surface area contributed by atoms with Crippen molar-refractivity contribution in [3.05, 3.63) is 60.8 Å². The molecule has 2 N–H and O–H groups in total. The summed E-state index contributed by atoms with van der Waals surface area (Å²) in [6, 6.07) is 8.83. The van der Waals surface area contributed by atoms with Crippen LogP contribution in [0.15, 0.2) is 55.2 Å². The first-order valence-electron chi connectivity index (χ1n) is 11.0. The number of rotatable bonds is 6. The maximum Gasteiger partial charge on any atom is 0.180 e. The molecule has 0 atom stereocenters. The molecule has 1 aliphatic carbocycles. The van der Waals surface area contributed by atoms with Gasteiger partial charge in [0.25, 0.3) is 0 Å². The topological polar surface area (TPSA) is 80.3 Å². The van der Waals surface area contributed by atoms with E-state index in [1.165, 1.54) is 5.56 Å². The van der Waals surface area contributed by atoms with Gasteiger partial charge in [-0.05, 0) is 51.0 Å². The van der Waals surface area contributed by atoms with Gasteiger partial charge in [-0.2, -0.15) is 5.10 Å². The van der Waals surface area contributed by atoms with Crippen LogP contribution in [0.5, 0.6) is 0 Å². The highest BCUT2D eigenvalue weighted by atomic mass is 16.3. The third kappa shape index (κ3) is 4.05. The molecular weight excluding hydrogens is 388 g/mol. The van der Waals surface area contributed by atoms with Crippen molar-refractivity contribution < 1.29 is 5.11 Å². The fraction of sp³-hybridized carbons (Fsp3) is 0.375. The predicted octanol–water partition coefficient (Wildman–Crippen LogP) is 4.76. The second-order valence-electron chi connectivity index (χ2n) is 8.50. The van der Waals surface area contributed by atoms with Gasteiger partial charge in [-0.25, -0.2) is 9.97 Å². The molecule has 31 heavy (non-hydrogen) atoms. The second kappa shape index (κ2) is 8.51. The fourth-order valence-corrected chi connectivity index (χ4v) is 4.64. The van der Waals surface area contributed by atoms with E-state index < -0.39 is 0 Å². The molecule has 0 bridgehead atoms. The van der Waals surface area contributed by atoms with Crippen molar-refractivity contribution in [1.82, 2.24) is 24.1 Å². The van der Waals surface area contributed by atoms with Gasteiger partial charge >= 0.3 is 0 Å². The summed E-state index contributed by atoms with van der Waals surface area (Å²) in [4.78, 5) is 9.21. The van der Waals surface area contributed by atoms with Crippen molar-refractivity contribution in [2.75, 3.05) is 11.9 Å². The number of imidazole rings is 1. The van der Waals surface area contributed by atoms with Crippen molar-refractivity contribution >= 4 is 17.2 Å². The van der Waals surface area contributed by atoms with Crippen LogP contribution in [-0.4, -0.2) is 35.9 Å². The van der Waals surface area contributed by atoms with Gasteiger partial charge in [0.1, 0.15) is 0 Å². The number of nitrogens with zero attached hydrogens (tertiary/aromatic N) is 5. The molecule has 1 aliphatic rings. The molecule has 3 aromatic heterocycles. The number of hydrogen-bond acceptors (Lipinski definition) is 5. The summed E-state index contributed by atoms with van der Waals surface area (Å²) in [6.45, 7) is 2.39. The van der Waals surface area contributed by atoms with Crippen LogP contribution in [0.2, 0.25) is 0 Å². The molecule has 5 rings (SSSR count). The highest BCUT2D eigenvalue weighted by Crippen LogP contribution is 2.34. The zero-order valence-corrected chi connectivity index (χ0v) is 17.8. The number of hydrogen-bond donors (Lipinski definition) is 2. The van der Waals surface area contributed by atoms with Crippen LogP contribution >= 0.6 is 0 Å². The normalized spacial score (nSPS) is 19.0. The van der Waals surface area contributed by atoms with E-state index in [1.807, 2.05) is 18.6 Å². The van der Waals surface area contributed by atoms with Gasteiger partial charge in [0, 0.05) is 30.8 Å². The Labute approximate surface area is 181 Å². The molecular formula is C24H28N6O. The first-order valence-corrected chi connectivity index (χ1v) is 11.0. The molecule has 0 unspecified atom stereocenters. The highest BCUT2D eigenvalue weighted by molar-refractivity contribution is 5.73. The third-order valence-electron chi connectivity index (χ3n) is 6.33. The summed E-state index contributed by atoms with van der Waals surface area (Å²) in [5.41, 5.74) is 5.05. The molecule has 7 heteroatoms. The second-order valence-corrected chi connectivity index (χ2v) is 8.50. The summed E-state index contributed by atoms with van der Waals surface area (Å²) in [5.74, 6) is 1.37. The van der Waals surface area contributed by atoms with E-state index in [-0.39, 0.29) is 0 Å². The third-order valence-corrected chi connectivity index (χ3v) is 6.33. The lowest BCUT2D eigenvalue weighted by Gasteiger charge is -2.28. The van der Waals surface area contributed by atoms with Crippen molar-refractivity contribution in [2.24, 2.45) is 5.92 Å². The van der Waals surface area contributed by atoms with E-state index in [0.29, 0.717) is 24.4 Å². The Morgan fingerprint density at radius 2 is 2.00 bits per heavy atom. The van der Waals surface area contributed by atoms with Gasteiger partial charge in [-0.15, -0.1) is 0 Å². The minimum Gasteiger partial charge on any atom is -0.396 e. The summed E-state index contributed by atoms with van der Waals surface area (Å²) in [5, 5.41) is 17.2. The Morgan fingerprint density at radius 3 is 2.81 bits per heavy atom. The molecule has 0 amide bonds. The van der Waals surface area contributed by atoms with Crippen LogP contribution in [0.1, 0.15) is 43.7 Å². The first kappa shape index (κ1) is 19.8. The van der Waals surface area contributed by atoms with Gasteiger partial charge in [0.05, 0.1) is 29.8 Å². The Bertz CT molecular complexity index is 1170. The molecule has 0 saturated heterocycles. The summed E-state index contributed by atoms with van der Waals surface area (Å²) in [6.07, 6.45) is 15.0. The van der Waals surface area contributed by atoms with Gasteiger partial charge in [0.2, 0.25) is 0 Å². The lowest BCUT2D eigenvalue weighted by atomic mass is 9.84. The van der Waals surface area contributed by atoms with Crippen molar-refractivity contribution in [1.29, 1.82) is 0 Å². The zero-order valence-electron chi connectivity index (χ0n) is 17.8. The molecule has 0 aliphatic heterocycles. The number of benzene rings is 1. The molecule has 0 spiro atoms. The smallest absolute Gasteiger partial charge is 0.180 e. The Hall–Kier alpha value is -3.19. The summed E-state index contributed by atoms with van der Waals surface area (Å²) >= 11 is 0. The van der Waals surface area contributed by atoms with Crippen LogP contribution in [0.4, 0.5) is 11.5 Å². The van der Waals surface area contributed by atoms with E-state index in [2.05, 4.69) is 66.9 Å². The van der Waals surface area contributed by atoms with Crippen molar-refractivity contribution in [3.8, 4) is 11.3 Å². The maximum absolute atomic E-state index is 9.16. The zero-order chi connectivity index (χ0) is 21.2. The van der Waals surface area contributed by atoms with Crippen LogP contribution < -0.4 is 5.32 Å². The average Bonchev–Trinajstić information content (AvgIpc) is 3.45. The number of nitrogens with one attached hydrogen (secondary N) is 1. The number of fused-ring (bicyclic) bond motifs is 1. The summed E-state index contributed by atoms with van der Waals surface area (Å²) in [7, 11) is 0. The molecule has 4 aromatic rings. The van der Waals surface area contributed by atoms with Crippen LogP contribution in [0.25, 0.3) is 16.9 Å². The number of aliphatic hydroxyl groups excluding tert-OH is 1. The average molecular weight is 417 g/mol. The quantitative estimate of drug-likeness (QED) is 0.474. The Morgan fingerprint density at radius 1 is 1.13 bits per heavy atom. The van der Waals surface area contributed by atoms with Crippen LogP contribution in [0, 0.1) is 12.8 Å². The van der Waals surface area contributed by atoms with Gasteiger partial charge in [0.15, 0.2) is 11.5 Å². The number of aromatic nitrogens is 5. The van der Waals surface area contributed by atoms with E-state index in [0.717, 1.165) is 54.7 Å². The van der Waals surface area contributed by atoms with Gasteiger partial charge in [-0.3, -0.25) is 9.08 Å². The highest BCUT2D eigenvalue weighted by Gasteiger charge is 2.22. The lowest BCUT2D eigenvalue weighted by molar-refractivity contribution is 0.202. The molecule has 160 valence electrons. The van der Waals surface area contributed by atoms with Gasteiger partial charge in [-0.1, -0.05) is 23.8 Å². The van der Waals surface area contributed by atoms with E-state index >= 15 is 0 Å². The summed E-state index contributed by atoms with van der Waals surface area (Å²) < 4.78 is 4.14. The van der Waals surface area contributed by atoms with Crippen LogP contribution in [0.3, 0.4) is 0 Å². The number of aryl methyl sites for hydroxylation is 1. The number of aliphatic hydroxyl groups is 1. The molecule has 3 heterocycles. The van der Waals surface area contributed by atoms with E-state index in [1.54, 1.807) is 6.20 Å². The monoisotopic (exact) mass is 416 g/mol. The Kier molecular flexibility index (Phi) is 5.42. The Balaban J connectivity index is 1.35. The standard InChI is InChI=1S/C24H28N6O/c1-17-3-2-4-19(13-17)22-15-26-23(24-25-10-11-29(22)24)28-20-14-27-30(16-20)21-7-5-18(6-8-21)9-12-31/h2-4,10-11,13-16,18,21,31H,5-9,12H2,1H3,(H,26,28). The van der Waals surface area contributed by atoms with Crippen molar-refractivity contribution in [3.63, 3.8) is 0 Å². The van der Waals surface area contributed by atoms with E-state index in [9.17, 15) is 0 Å². The van der Waals surface area contributed by atoms with Crippen molar-refractivity contribution in [2.45, 2.75) is 45.1 Å². The molecule has 0 radical (unpaired) electrons. The minimum absolute atomic E-state index is 0.295. The van der Waals surface area contributed by atoms with E-state index in [4.69, 9.17) is 5.11 Å². The predicted molar refractivity (Wildman–Crippen MR) is 121 cm³/mol.